The number of hydrogen-bond acceptors (Lipinski definition) is 4. The topological polar surface area (TPSA) is 67.6 Å². The van der Waals surface area contributed by atoms with Gasteiger partial charge in [0.25, 0.3) is 0 Å². The van der Waals surface area contributed by atoms with Crippen LogP contribution in [0.2, 0.25) is 0 Å². The molecule has 116 valence electrons. The zero-order valence-electron chi connectivity index (χ0n) is 12.6. The fourth-order valence-electron chi connectivity index (χ4n) is 3.22. The zero-order chi connectivity index (χ0) is 14.4. The van der Waals surface area contributed by atoms with Gasteiger partial charge in [0.2, 0.25) is 5.91 Å². The van der Waals surface area contributed by atoms with E-state index in [0.29, 0.717) is 5.92 Å². The Balaban J connectivity index is 1.62. The number of ether oxygens (including phenoxy) is 1. The van der Waals surface area contributed by atoms with Crippen LogP contribution in [-0.4, -0.2) is 56.2 Å². The molecule has 1 saturated heterocycles. The average Bonchev–Trinajstić information content (AvgIpc) is 2.47. The molecule has 0 spiro atoms. The number of rotatable bonds is 5. The lowest BCUT2D eigenvalue weighted by Gasteiger charge is -2.33. The van der Waals surface area contributed by atoms with Gasteiger partial charge in [-0.2, -0.15) is 0 Å². The Morgan fingerprint density at radius 2 is 2.10 bits per heavy atom. The minimum absolute atomic E-state index is 0.0159. The van der Waals surface area contributed by atoms with Gasteiger partial charge in [-0.05, 0) is 31.7 Å². The number of morpholine rings is 1. The van der Waals surface area contributed by atoms with Crippen molar-refractivity contribution in [1.29, 1.82) is 0 Å². The smallest absolute Gasteiger partial charge is 0.224 e. The Kier molecular flexibility index (Phi) is 6.26. The van der Waals surface area contributed by atoms with Gasteiger partial charge in [0.05, 0.1) is 19.1 Å². The normalized spacial score (nSPS) is 32.0. The molecule has 3 unspecified atom stereocenters. The highest BCUT2D eigenvalue weighted by Gasteiger charge is 2.32. The van der Waals surface area contributed by atoms with Crippen LogP contribution in [0.25, 0.3) is 0 Å². The molecule has 0 aromatic carbocycles. The lowest BCUT2D eigenvalue weighted by molar-refractivity contribution is -0.127. The first-order valence-corrected chi connectivity index (χ1v) is 8.02. The van der Waals surface area contributed by atoms with Gasteiger partial charge in [-0.3, -0.25) is 9.69 Å². The van der Waals surface area contributed by atoms with Crippen molar-refractivity contribution in [2.24, 2.45) is 17.6 Å². The average molecular weight is 283 g/mol. The molecule has 5 heteroatoms. The highest BCUT2D eigenvalue weighted by atomic mass is 16.5. The van der Waals surface area contributed by atoms with Gasteiger partial charge in [-0.25, -0.2) is 0 Å². The summed E-state index contributed by atoms with van der Waals surface area (Å²) in [7, 11) is 0. The number of nitrogens with one attached hydrogen (secondary N) is 1. The third-order valence-corrected chi connectivity index (χ3v) is 4.69. The van der Waals surface area contributed by atoms with Crippen LogP contribution in [0.3, 0.4) is 0 Å². The minimum atomic E-state index is 0.0159. The van der Waals surface area contributed by atoms with Gasteiger partial charge in [-0.15, -0.1) is 0 Å². The largest absolute Gasteiger partial charge is 0.379 e. The second-order valence-electron chi connectivity index (χ2n) is 6.19. The van der Waals surface area contributed by atoms with E-state index in [2.05, 4.69) is 17.1 Å². The fraction of sp³-hybridized carbons (Fsp3) is 0.933. The maximum Gasteiger partial charge on any atom is 0.224 e. The molecule has 0 aromatic heterocycles. The van der Waals surface area contributed by atoms with Crippen LogP contribution < -0.4 is 11.1 Å². The Morgan fingerprint density at radius 3 is 2.85 bits per heavy atom. The van der Waals surface area contributed by atoms with Crippen LogP contribution in [0.5, 0.6) is 0 Å². The van der Waals surface area contributed by atoms with E-state index < -0.39 is 0 Å². The first-order valence-electron chi connectivity index (χ1n) is 8.02. The Hall–Kier alpha value is -0.650. The first-order chi connectivity index (χ1) is 9.68. The van der Waals surface area contributed by atoms with Crippen molar-refractivity contribution in [3.05, 3.63) is 0 Å². The van der Waals surface area contributed by atoms with E-state index in [1.54, 1.807) is 0 Å². The van der Waals surface area contributed by atoms with E-state index in [-0.39, 0.29) is 17.9 Å². The number of hydrogen-bond donors (Lipinski definition) is 2. The number of carbonyl (C=O) groups excluding carboxylic acids is 1. The van der Waals surface area contributed by atoms with Crippen molar-refractivity contribution < 1.29 is 9.53 Å². The number of nitrogens with zero attached hydrogens (tertiary/aromatic N) is 1. The fourth-order valence-corrected chi connectivity index (χ4v) is 3.22. The van der Waals surface area contributed by atoms with Crippen LogP contribution in [0.15, 0.2) is 0 Å². The van der Waals surface area contributed by atoms with Crippen LogP contribution >= 0.6 is 0 Å². The first kappa shape index (κ1) is 15.7. The summed E-state index contributed by atoms with van der Waals surface area (Å²) in [6.07, 6.45) is 4.23. The molecule has 0 bridgehead atoms. The molecule has 1 aliphatic heterocycles. The summed E-state index contributed by atoms with van der Waals surface area (Å²) < 4.78 is 5.32. The number of nitrogens with two attached hydrogens (primary N) is 1. The summed E-state index contributed by atoms with van der Waals surface area (Å²) in [5, 5.41) is 3.07. The molecule has 2 aliphatic rings. The van der Waals surface area contributed by atoms with Crippen molar-refractivity contribution in [3.63, 3.8) is 0 Å². The summed E-state index contributed by atoms with van der Waals surface area (Å²) >= 11 is 0. The van der Waals surface area contributed by atoms with E-state index in [1.807, 2.05) is 0 Å². The third-order valence-electron chi connectivity index (χ3n) is 4.69. The summed E-state index contributed by atoms with van der Waals surface area (Å²) in [5.41, 5.74) is 6.16. The van der Waals surface area contributed by atoms with Gasteiger partial charge >= 0.3 is 0 Å². The van der Waals surface area contributed by atoms with E-state index in [9.17, 15) is 4.79 Å². The zero-order valence-corrected chi connectivity index (χ0v) is 12.6. The lowest BCUT2D eigenvalue weighted by atomic mass is 9.78. The van der Waals surface area contributed by atoms with Gasteiger partial charge in [0, 0.05) is 25.7 Å². The second-order valence-corrected chi connectivity index (χ2v) is 6.19. The van der Waals surface area contributed by atoms with E-state index >= 15 is 0 Å². The Labute approximate surface area is 122 Å². The van der Waals surface area contributed by atoms with E-state index in [4.69, 9.17) is 10.5 Å². The molecule has 1 aliphatic carbocycles. The monoisotopic (exact) mass is 283 g/mol. The van der Waals surface area contributed by atoms with Crippen molar-refractivity contribution >= 4 is 5.91 Å². The molecular weight excluding hydrogens is 254 g/mol. The van der Waals surface area contributed by atoms with Crippen molar-refractivity contribution in [2.75, 3.05) is 39.4 Å². The quantitative estimate of drug-likeness (QED) is 0.725. The molecule has 1 heterocycles. The molecule has 3 N–H and O–H groups in total. The molecule has 1 amide bonds. The molecule has 1 saturated carbocycles. The van der Waals surface area contributed by atoms with E-state index in [0.717, 1.165) is 65.1 Å². The summed E-state index contributed by atoms with van der Waals surface area (Å²) in [6.45, 7) is 7.65. The van der Waals surface area contributed by atoms with Gasteiger partial charge in [-0.1, -0.05) is 13.3 Å². The maximum atomic E-state index is 12.2. The second kappa shape index (κ2) is 7.96. The summed E-state index contributed by atoms with van der Waals surface area (Å²) in [5.74, 6) is 0.640. The Bertz CT molecular complexity index is 305. The van der Waals surface area contributed by atoms with Crippen molar-refractivity contribution in [1.82, 2.24) is 10.2 Å². The third kappa shape index (κ3) is 4.43. The summed E-state index contributed by atoms with van der Waals surface area (Å²) in [6, 6.07) is 0.0305. The maximum absolute atomic E-state index is 12.2. The molecule has 0 radical (unpaired) electrons. The summed E-state index contributed by atoms with van der Waals surface area (Å²) in [4.78, 5) is 14.6. The molecule has 5 nitrogen and oxygen atoms in total. The number of amides is 1. The minimum Gasteiger partial charge on any atom is -0.379 e. The predicted molar refractivity (Wildman–Crippen MR) is 79.4 cm³/mol. The van der Waals surface area contributed by atoms with E-state index in [1.165, 1.54) is 0 Å². The molecule has 2 fully saturated rings. The SMILES string of the molecule is CC1CCCC(C(=O)NCCCN2CCOCC2)C1N. The highest BCUT2D eigenvalue weighted by Crippen LogP contribution is 2.27. The van der Waals surface area contributed by atoms with Crippen molar-refractivity contribution in [2.45, 2.75) is 38.6 Å². The van der Waals surface area contributed by atoms with Crippen molar-refractivity contribution in [3.8, 4) is 0 Å². The van der Waals surface area contributed by atoms with Gasteiger partial charge < -0.3 is 15.8 Å². The molecule has 2 rings (SSSR count). The van der Waals surface area contributed by atoms with Crippen LogP contribution in [0, 0.1) is 11.8 Å². The predicted octanol–water partition coefficient (Wildman–Crippen LogP) is 0.588. The Morgan fingerprint density at radius 1 is 1.35 bits per heavy atom. The molecular formula is C15H29N3O2. The highest BCUT2D eigenvalue weighted by molar-refractivity contribution is 5.79. The van der Waals surface area contributed by atoms with Crippen LogP contribution in [-0.2, 0) is 9.53 Å². The standard InChI is InChI=1S/C15H29N3O2/c1-12-4-2-5-13(14(12)16)15(19)17-6-3-7-18-8-10-20-11-9-18/h12-14H,2-11,16H2,1H3,(H,17,19). The lowest BCUT2D eigenvalue weighted by Crippen LogP contribution is -2.47. The molecule has 20 heavy (non-hydrogen) atoms. The molecule has 3 atom stereocenters. The van der Waals surface area contributed by atoms with Crippen LogP contribution in [0.4, 0.5) is 0 Å². The van der Waals surface area contributed by atoms with Gasteiger partial charge in [0.1, 0.15) is 0 Å². The van der Waals surface area contributed by atoms with Crippen LogP contribution in [0.1, 0.15) is 32.6 Å². The molecule has 0 aromatic rings. The number of carbonyl (C=O) groups is 1. The van der Waals surface area contributed by atoms with Gasteiger partial charge in [0.15, 0.2) is 0 Å².